The SMILES string of the molecule is NC(=O)Nc1cc(-c2[nH]c3c(c2Nc2ccccc2)C(=O)COC3)ccn1. The number of carbonyl (C=O) groups excluding carboxylic acids is 2. The molecule has 1 aromatic carbocycles. The number of hydrogen-bond donors (Lipinski definition) is 4. The number of nitrogens with zero attached hydrogens (tertiary/aromatic N) is 1. The molecule has 2 amide bonds. The minimum atomic E-state index is -0.698. The number of carbonyl (C=O) groups is 2. The van der Waals surface area contributed by atoms with E-state index in [0.717, 1.165) is 11.3 Å². The number of Topliss-reactive ketones (excluding diaryl/α,β-unsaturated/α-hetero) is 1. The topological polar surface area (TPSA) is 122 Å². The highest BCUT2D eigenvalue weighted by molar-refractivity contribution is 6.08. The molecule has 8 nitrogen and oxygen atoms in total. The second-order valence-electron chi connectivity index (χ2n) is 6.05. The summed E-state index contributed by atoms with van der Waals surface area (Å²) in [7, 11) is 0. The van der Waals surface area contributed by atoms with Gasteiger partial charge in [0.2, 0.25) is 0 Å². The van der Waals surface area contributed by atoms with Crippen LogP contribution in [0.2, 0.25) is 0 Å². The first-order valence-corrected chi connectivity index (χ1v) is 8.32. The van der Waals surface area contributed by atoms with Crippen LogP contribution in [0.25, 0.3) is 11.3 Å². The molecule has 0 spiro atoms. The summed E-state index contributed by atoms with van der Waals surface area (Å²) >= 11 is 0. The van der Waals surface area contributed by atoms with Crippen molar-refractivity contribution in [1.29, 1.82) is 0 Å². The Morgan fingerprint density at radius 3 is 2.78 bits per heavy atom. The second kappa shape index (κ2) is 6.93. The van der Waals surface area contributed by atoms with Gasteiger partial charge in [0.1, 0.15) is 12.4 Å². The lowest BCUT2D eigenvalue weighted by Gasteiger charge is -2.14. The Balaban J connectivity index is 1.83. The fourth-order valence-electron chi connectivity index (χ4n) is 3.07. The van der Waals surface area contributed by atoms with Crippen molar-refractivity contribution in [2.45, 2.75) is 6.61 Å². The molecule has 0 fully saturated rings. The standard InChI is InChI=1S/C19H17N5O3/c20-19(26)24-15-8-11(6-7-21-15)17-18(22-12-4-2-1-3-5-12)16-13(23-17)9-27-10-14(16)25/h1-8,22-23H,9-10H2,(H3,20,21,24,26). The molecular weight excluding hydrogens is 346 g/mol. The summed E-state index contributed by atoms with van der Waals surface area (Å²) in [6.45, 7) is 0.362. The number of benzene rings is 1. The van der Waals surface area contributed by atoms with E-state index in [1.165, 1.54) is 0 Å². The minimum Gasteiger partial charge on any atom is -0.367 e. The number of fused-ring (bicyclic) bond motifs is 1. The van der Waals surface area contributed by atoms with Gasteiger partial charge in [0.15, 0.2) is 5.78 Å². The van der Waals surface area contributed by atoms with Gasteiger partial charge in [-0.2, -0.15) is 0 Å². The van der Waals surface area contributed by atoms with E-state index in [9.17, 15) is 9.59 Å². The van der Waals surface area contributed by atoms with E-state index in [1.807, 2.05) is 30.3 Å². The normalized spacial score (nSPS) is 13.1. The van der Waals surface area contributed by atoms with Gasteiger partial charge < -0.3 is 20.8 Å². The van der Waals surface area contributed by atoms with Crippen LogP contribution in [0.5, 0.6) is 0 Å². The van der Waals surface area contributed by atoms with Crippen molar-refractivity contribution in [3.63, 3.8) is 0 Å². The van der Waals surface area contributed by atoms with Crippen molar-refractivity contribution >= 4 is 29.0 Å². The Morgan fingerprint density at radius 2 is 2.00 bits per heavy atom. The number of H-pyrrole nitrogens is 1. The number of ether oxygens (including phenoxy) is 1. The third-order valence-electron chi connectivity index (χ3n) is 4.18. The van der Waals surface area contributed by atoms with Crippen LogP contribution in [0, 0.1) is 0 Å². The number of nitrogens with two attached hydrogens (primary N) is 1. The number of anilines is 3. The molecule has 0 bridgehead atoms. The summed E-state index contributed by atoms with van der Waals surface area (Å²) in [6.07, 6.45) is 1.56. The fourth-order valence-corrected chi connectivity index (χ4v) is 3.07. The van der Waals surface area contributed by atoms with Crippen molar-refractivity contribution < 1.29 is 14.3 Å². The summed E-state index contributed by atoms with van der Waals surface area (Å²) in [5.41, 5.74) is 9.43. The van der Waals surface area contributed by atoms with Crippen molar-refractivity contribution in [2.24, 2.45) is 5.73 Å². The number of hydrogen-bond acceptors (Lipinski definition) is 5. The van der Waals surface area contributed by atoms with Crippen molar-refractivity contribution in [3.8, 4) is 11.3 Å². The van der Waals surface area contributed by atoms with Crippen LogP contribution >= 0.6 is 0 Å². The Morgan fingerprint density at radius 1 is 1.19 bits per heavy atom. The Hall–Kier alpha value is -3.65. The molecule has 0 radical (unpaired) electrons. The maximum atomic E-state index is 12.5. The van der Waals surface area contributed by atoms with E-state index in [-0.39, 0.29) is 12.4 Å². The molecule has 5 N–H and O–H groups in total. The lowest BCUT2D eigenvalue weighted by Crippen LogP contribution is -2.19. The van der Waals surface area contributed by atoms with E-state index in [4.69, 9.17) is 10.5 Å². The first-order chi connectivity index (χ1) is 13.1. The van der Waals surface area contributed by atoms with E-state index in [1.54, 1.807) is 18.3 Å². The largest absolute Gasteiger partial charge is 0.367 e. The zero-order valence-corrected chi connectivity index (χ0v) is 14.3. The molecule has 1 aliphatic rings. The fraction of sp³-hybridized carbons (Fsp3) is 0.105. The van der Waals surface area contributed by atoms with Crippen LogP contribution in [0.15, 0.2) is 48.7 Å². The smallest absolute Gasteiger partial charge is 0.317 e. The van der Waals surface area contributed by atoms with Crippen LogP contribution in [-0.2, 0) is 11.3 Å². The third-order valence-corrected chi connectivity index (χ3v) is 4.18. The Bertz CT molecular complexity index is 1010. The van der Waals surface area contributed by atoms with Gasteiger partial charge in [0.05, 0.1) is 29.2 Å². The Labute approximate surface area is 154 Å². The number of urea groups is 1. The first-order valence-electron chi connectivity index (χ1n) is 8.32. The third kappa shape index (κ3) is 3.38. The zero-order chi connectivity index (χ0) is 18.8. The maximum absolute atomic E-state index is 12.5. The molecule has 0 aliphatic carbocycles. The molecule has 4 rings (SSSR count). The highest BCUT2D eigenvalue weighted by Crippen LogP contribution is 2.37. The molecule has 27 heavy (non-hydrogen) atoms. The number of primary amides is 1. The lowest BCUT2D eigenvalue weighted by atomic mass is 10.0. The quantitative estimate of drug-likeness (QED) is 0.567. The summed E-state index contributed by atoms with van der Waals surface area (Å²) in [5, 5.41) is 5.79. The highest BCUT2D eigenvalue weighted by Gasteiger charge is 2.27. The Kier molecular flexibility index (Phi) is 4.31. The highest BCUT2D eigenvalue weighted by atomic mass is 16.5. The zero-order valence-electron chi connectivity index (χ0n) is 14.3. The van der Waals surface area contributed by atoms with Gasteiger partial charge in [-0.1, -0.05) is 18.2 Å². The van der Waals surface area contributed by atoms with Crippen molar-refractivity contribution in [1.82, 2.24) is 9.97 Å². The molecule has 0 saturated heterocycles. The van der Waals surface area contributed by atoms with Crippen LogP contribution < -0.4 is 16.4 Å². The van der Waals surface area contributed by atoms with Crippen molar-refractivity contribution in [3.05, 3.63) is 59.9 Å². The number of pyridine rings is 1. The number of ketones is 1. The number of para-hydroxylation sites is 1. The molecule has 1 aliphatic heterocycles. The number of amides is 2. The first kappa shape index (κ1) is 16.8. The molecule has 136 valence electrons. The summed E-state index contributed by atoms with van der Waals surface area (Å²) in [4.78, 5) is 30.9. The molecule has 2 aromatic heterocycles. The summed E-state index contributed by atoms with van der Waals surface area (Å²) < 4.78 is 5.34. The average molecular weight is 363 g/mol. The van der Waals surface area contributed by atoms with Crippen LogP contribution in [-0.4, -0.2) is 28.4 Å². The molecule has 8 heteroatoms. The monoisotopic (exact) mass is 363 g/mol. The molecular formula is C19H17N5O3. The summed E-state index contributed by atoms with van der Waals surface area (Å²) in [5.74, 6) is 0.225. The molecule has 3 heterocycles. The average Bonchev–Trinajstić information content (AvgIpc) is 3.02. The predicted octanol–water partition coefficient (Wildman–Crippen LogP) is 3.02. The number of nitrogens with one attached hydrogen (secondary N) is 3. The van der Waals surface area contributed by atoms with E-state index in [2.05, 4.69) is 20.6 Å². The van der Waals surface area contributed by atoms with Gasteiger partial charge in [-0.3, -0.25) is 10.1 Å². The van der Waals surface area contributed by atoms with Crippen LogP contribution in [0.3, 0.4) is 0 Å². The van der Waals surface area contributed by atoms with Gasteiger partial charge in [0.25, 0.3) is 0 Å². The van der Waals surface area contributed by atoms with Crippen LogP contribution in [0.4, 0.5) is 22.0 Å². The number of rotatable bonds is 4. The molecule has 3 aromatic rings. The van der Waals surface area contributed by atoms with Gasteiger partial charge in [-0.15, -0.1) is 0 Å². The van der Waals surface area contributed by atoms with E-state index >= 15 is 0 Å². The van der Waals surface area contributed by atoms with Gasteiger partial charge in [-0.05, 0) is 24.3 Å². The molecule has 0 atom stereocenters. The van der Waals surface area contributed by atoms with Crippen molar-refractivity contribution in [2.75, 3.05) is 17.2 Å². The minimum absolute atomic E-state index is 0.0403. The lowest BCUT2D eigenvalue weighted by molar-refractivity contribution is 0.0660. The van der Waals surface area contributed by atoms with Gasteiger partial charge >= 0.3 is 6.03 Å². The molecule has 0 unspecified atom stereocenters. The molecule has 0 saturated carbocycles. The maximum Gasteiger partial charge on any atom is 0.317 e. The summed E-state index contributed by atoms with van der Waals surface area (Å²) in [6, 6.07) is 12.3. The predicted molar refractivity (Wildman–Crippen MR) is 101 cm³/mol. The number of aromatic amines is 1. The van der Waals surface area contributed by atoms with Crippen LogP contribution in [0.1, 0.15) is 16.1 Å². The van der Waals surface area contributed by atoms with Gasteiger partial charge in [0, 0.05) is 17.4 Å². The van der Waals surface area contributed by atoms with Gasteiger partial charge in [-0.25, -0.2) is 9.78 Å². The second-order valence-corrected chi connectivity index (χ2v) is 6.05. The van der Waals surface area contributed by atoms with E-state index in [0.29, 0.717) is 35.1 Å². The van der Waals surface area contributed by atoms with E-state index < -0.39 is 6.03 Å². The number of aromatic nitrogens is 2.